The van der Waals surface area contributed by atoms with E-state index in [-0.39, 0.29) is 18.1 Å². The fourth-order valence-corrected chi connectivity index (χ4v) is 6.86. The number of phenolic OH excluding ortho intramolecular Hbond substituents is 1. The number of carbonyl (C=O) groups excluding carboxylic acids is 1. The van der Waals surface area contributed by atoms with E-state index in [1.807, 2.05) is 13.8 Å². The molecular formula is C33H42BrN5O6. The second-order valence-electron chi connectivity index (χ2n) is 12.3. The van der Waals surface area contributed by atoms with Crippen molar-refractivity contribution in [3.8, 4) is 22.9 Å². The number of aliphatic hydroxyl groups excluding tert-OH is 1. The highest BCUT2D eigenvalue weighted by molar-refractivity contribution is 9.10. The number of aromatic amines is 1. The number of aromatic nitrogens is 3. The second kappa shape index (κ2) is 14.7. The summed E-state index contributed by atoms with van der Waals surface area (Å²) in [7, 11) is 0. The fourth-order valence-electron chi connectivity index (χ4n) is 6.50. The first-order valence-electron chi connectivity index (χ1n) is 15.8. The van der Waals surface area contributed by atoms with Crippen LogP contribution in [-0.2, 0) is 0 Å². The summed E-state index contributed by atoms with van der Waals surface area (Å²) in [5, 5.41) is 23.2. The van der Waals surface area contributed by atoms with E-state index in [9.17, 15) is 19.5 Å². The van der Waals surface area contributed by atoms with Crippen LogP contribution in [0.5, 0.6) is 17.2 Å². The largest absolute Gasteiger partial charge is 0.507 e. The summed E-state index contributed by atoms with van der Waals surface area (Å²) >= 11 is 3.29. The van der Waals surface area contributed by atoms with Gasteiger partial charge in [-0.3, -0.25) is 14.6 Å². The topological polar surface area (TPSA) is 141 Å². The van der Waals surface area contributed by atoms with Crippen molar-refractivity contribution < 1.29 is 19.7 Å². The van der Waals surface area contributed by atoms with Gasteiger partial charge < -0.3 is 24.7 Å². The zero-order chi connectivity index (χ0) is 32.1. The smallest absolute Gasteiger partial charge is 0.349 e. The molecule has 3 N–H and O–H groups in total. The SMILES string of the molecule is Cc1cc(-n2nc(C(=O)N3CCC(CCCC4CCN(CCO)CC4)CC3)c(=O)[nH]c2=O)cc(C)c1Oc1ccc(O)c(Br)c1. The number of ether oxygens (including phenoxy) is 1. The van der Waals surface area contributed by atoms with Crippen molar-refractivity contribution in [1.29, 1.82) is 0 Å². The van der Waals surface area contributed by atoms with Crippen LogP contribution in [-0.4, -0.2) is 80.0 Å². The maximum absolute atomic E-state index is 13.4. The van der Waals surface area contributed by atoms with Crippen LogP contribution in [0.4, 0.5) is 0 Å². The number of likely N-dealkylation sites (tertiary alicyclic amines) is 2. The van der Waals surface area contributed by atoms with Crippen molar-refractivity contribution in [3.63, 3.8) is 0 Å². The number of rotatable bonds is 10. The molecular weight excluding hydrogens is 642 g/mol. The van der Waals surface area contributed by atoms with Gasteiger partial charge in [0.1, 0.15) is 17.2 Å². The number of H-pyrrole nitrogens is 1. The Morgan fingerprint density at radius 3 is 2.22 bits per heavy atom. The van der Waals surface area contributed by atoms with Crippen LogP contribution >= 0.6 is 15.9 Å². The zero-order valence-electron chi connectivity index (χ0n) is 25.9. The van der Waals surface area contributed by atoms with Gasteiger partial charge in [0, 0.05) is 19.6 Å². The van der Waals surface area contributed by atoms with E-state index >= 15 is 0 Å². The summed E-state index contributed by atoms with van der Waals surface area (Å²) in [4.78, 5) is 45.2. The molecule has 45 heavy (non-hydrogen) atoms. The minimum absolute atomic E-state index is 0.0995. The van der Waals surface area contributed by atoms with Gasteiger partial charge in [-0.1, -0.05) is 19.3 Å². The number of carbonyl (C=O) groups is 1. The molecule has 2 aliphatic heterocycles. The molecule has 0 unspecified atom stereocenters. The third kappa shape index (κ3) is 8.03. The van der Waals surface area contributed by atoms with Gasteiger partial charge in [0.05, 0.1) is 16.8 Å². The van der Waals surface area contributed by atoms with Crippen LogP contribution in [0.15, 0.2) is 44.4 Å². The van der Waals surface area contributed by atoms with E-state index < -0.39 is 17.2 Å². The normalized spacial score (nSPS) is 16.7. The number of halogens is 1. The van der Waals surface area contributed by atoms with Gasteiger partial charge in [-0.05, 0) is 122 Å². The quantitative estimate of drug-likeness (QED) is 0.283. The Morgan fingerprint density at radius 1 is 1.00 bits per heavy atom. The van der Waals surface area contributed by atoms with Gasteiger partial charge in [-0.25, -0.2) is 4.79 Å². The van der Waals surface area contributed by atoms with Crippen molar-refractivity contribution in [2.75, 3.05) is 39.3 Å². The number of nitrogens with one attached hydrogen (secondary N) is 1. The molecule has 242 valence electrons. The lowest BCUT2D eigenvalue weighted by Gasteiger charge is -2.33. The molecule has 2 aromatic carbocycles. The van der Waals surface area contributed by atoms with Crippen molar-refractivity contribution in [2.24, 2.45) is 11.8 Å². The number of aryl methyl sites for hydroxylation is 2. The molecule has 1 aromatic heterocycles. The first kappa shape index (κ1) is 32.9. The standard InChI is InChI=1S/C33H42BrN5O6/c1-21-18-25(19-22(2)30(21)45-26-6-7-28(41)27(34)20-26)39-33(44)35-31(42)29(36-39)32(43)38-14-10-24(11-15-38)5-3-4-23-8-12-37(13-9-23)16-17-40/h6-7,18-20,23-24,40-41H,3-5,8-17H2,1-2H3,(H,35,42,44). The molecule has 12 heteroatoms. The molecule has 11 nitrogen and oxygen atoms in total. The molecule has 0 atom stereocenters. The molecule has 2 saturated heterocycles. The molecule has 3 heterocycles. The summed E-state index contributed by atoms with van der Waals surface area (Å²) in [5.74, 6) is 2.04. The number of aromatic hydroxyl groups is 1. The number of benzene rings is 2. The number of hydrogen-bond acceptors (Lipinski definition) is 8. The first-order valence-corrected chi connectivity index (χ1v) is 16.6. The Kier molecular flexibility index (Phi) is 10.8. The summed E-state index contributed by atoms with van der Waals surface area (Å²) in [6.45, 7) is 7.92. The van der Waals surface area contributed by atoms with Gasteiger partial charge >= 0.3 is 5.69 Å². The minimum atomic E-state index is -0.792. The van der Waals surface area contributed by atoms with Crippen LogP contribution in [0, 0.1) is 25.7 Å². The molecule has 0 bridgehead atoms. The summed E-state index contributed by atoms with van der Waals surface area (Å²) < 4.78 is 7.61. The van der Waals surface area contributed by atoms with Crippen LogP contribution in [0.3, 0.4) is 0 Å². The fraction of sp³-hybridized carbons (Fsp3) is 0.515. The Morgan fingerprint density at radius 2 is 1.62 bits per heavy atom. The van der Waals surface area contributed by atoms with Gasteiger partial charge in [0.25, 0.3) is 11.5 Å². The average molecular weight is 685 g/mol. The van der Waals surface area contributed by atoms with Crippen molar-refractivity contribution in [2.45, 2.75) is 58.8 Å². The molecule has 2 fully saturated rings. The Bertz CT molecular complexity index is 1600. The van der Waals surface area contributed by atoms with Crippen molar-refractivity contribution >= 4 is 21.8 Å². The Hall–Kier alpha value is -3.48. The predicted octanol–water partition coefficient (Wildman–Crippen LogP) is 4.52. The number of nitrogens with zero attached hydrogens (tertiary/aromatic N) is 4. The Labute approximate surface area is 271 Å². The maximum Gasteiger partial charge on any atom is 0.349 e. The molecule has 0 saturated carbocycles. The van der Waals surface area contributed by atoms with E-state index in [4.69, 9.17) is 9.84 Å². The highest BCUT2D eigenvalue weighted by Gasteiger charge is 2.28. The average Bonchev–Trinajstić information content (AvgIpc) is 3.02. The van der Waals surface area contributed by atoms with E-state index in [2.05, 4.69) is 30.9 Å². The molecule has 3 aromatic rings. The lowest BCUT2D eigenvalue weighted by Crippen LogP contribution is -2.44. The zero-order valence-corrected chi connectivity index (χ0v) is 27.5. The molecule has 1 amide bonds. The lowest BCUT2D eigenvalue weighted by molar-refractivity contribution is 0.0673. The predicted molar refractivity (Wildman–Crippen MR) is 175 cm³/mol. The van der Waals surface area contributed by atoms with Crippen LogP contribution in [0.1, 0.15) is 66.6 Å². The third-order valence-electron chi connectivity index (χ3n) is 9.11. The van der Waals surface area contributed by atoms with Crippen molar-refractivity contribution in [3.05, 3.63) is 72.5 Å². The van der Waals surface area contributed by atoms with Gasteiger partial charge in [0.15, 0.2) is 0 Å². The van der Waals surface area contributed by atoms with E-state index in [0.717, 1.165) is 60.6 Å². The van der Waals surface area contributed by atoms with Crippen LogP contribution < -0.4 is 16.0 Å². The molecule has 5 rings (SSSR count). The summed E-state index contributed by atoms with van der Waals surface area (Å²) in [6.07, 6.45) is 7.73. The summed E-state index contributed by atoms with van der Waals surface area (Å²) in [6, 6.07) is 8.25. The van der Waals surface area contributed by atoms with Gasteiger partial charge in [-0.15, -0.1) is 0 Å². The maximum atomic E-state index is 13.4. The number of aliphatic hydroxyl groups is 1. The van der Waals surface area contributed by atoms with Gasteiger partial charge in [0.2, 0.25) is 5.69 Å². The second-order valence-corrected chi connectivity index (χ2v) is 13.2. The number of β-amino-alcohol motifs (C(OH)–C–C–N with tert-alkyl or cyclic N) is 1. The monoisotopic (exact) mass is 683 g/mol. The van der Waals surface area contributed by atoms with Gasteiger partial charge in [-0.2, -0.15) is 9.78 Å². The number of phenols is 1. The summed E-state index contributed by atoms with van der Waals surface area (Å²) in [5.41, 5.74) is 0.0128. The van der Waals surface area contributed by atoms with Crippen molar-refractivity contribution in [1.82, 2.24) is 24.6 Å². The lowest BCUT2D eigenvalue weighted by atomic mass is 9.87. The molecule has 0 aliphatic carbocycles. The van der Waals surface area contributed by atoms with Crippen LogP contribution in [0.2, 0.25) is 0 Å². The molecule has 2 aliphatic rings. The number of piperidine rings is 2. The molecule has 0 radical (unpaired) electrons. The van der Waals surface area contributed by atoms with E-state index in [1.165, 1.54) is 31.7 Å². The highest BCUT2D eigenvalue weighted by Crippen LogP contribution is 2.34. The van der Waals surface area contributed by atoms with Crippen LogP contribution in [0.25, 0.3) is 5.69 Å². The highest BCUT2D eigenvalue weighted by atomic mass is 79.9. The first-order chi connectivity index (χ1) is 21.6. The third-order valence-corrected chi connectivity index (χ3v) is 9.74. The van der Waals surface area contributed by atoms with E-state index in [1.54, 1.807) is 29.2 Å². The van der Waals surface area contributed by atoms with E-state index in [0.29, 0.717) is 40.7 Å². The minimum Gasteiger partial charge on any atom is -0.507 e. The molecule has 0 spiro atoms. The number of amides is 1. The Balaban J connectivity index is 1.20. The number of hydrogen-bond donors (Lipinski definition) is 3.